The Morgan fingerprint density at radius 2 is 1.84 bits per heavy atom. The number of methoxy groups -OCH3 is 1. The molecule has 11 heteroatoms. The Kier molecular flexibility index (Phi) is 8.54. The number of esters is 1. The molecule has 45 heavy (non-hydrogen) atoms. The van der Waals surface area contributed by atoms with E-state index >= 15 is 0 Å². The highest BCUT2D eigenvalue weighted by atomic mass is 35.5. The van der Waals surface area contributed by atoms with Gasteiger partial charge in [0.15, 0.2) is 0 Å². The molecule has 6 rings (SSSR count). The summed E-state index contributed by atoms with van der Waals surface area (Å²) >= 11 is 6.38. The van der Waals surface area contributed by atoms with Crippen molar-refractivity contribution in [1.82, 2.24) is 19.6 Å². The number of likely N-dealkylation sites (tertiary alicyclic amines) is 2. The molecule has 3 fully saturated rings. The number of hydrogen-bond donors (Lipinski definition) is 0. The summed E-state index contributed by atoms with van der Waals surface area (Å²) in [4.78, 5) is 75.2. The highest BCUT2D eigenvalue weighted by Gasteiger charge is 2.58. The summed E-state index contributed by atoms with van der Waals surface area (Å²) in [5.41, 5.74) is -0.248. The molecular weight excluding hydrogens is 596 g/mol. The maximum Gasteiger partial charge on any atom is 0.325 e. The third-order valence-electron chi connectivity index (χ3n) is 10.4. The molecule has 3 saturated heterocycles. The van der Waals surface area contributed by atoms with E-state index in [-0.39, 0.29) is 54.1 Å². The number of fused-ring (bicyclic) bond motifs is 2. The summed E-state index contributed by atoms with van der Waals surface area (Å²) in [7, 11) is 1.28. The summed E-state index contributed by atoms with van der Waals surface area (Å²) < 4.78 is 4.83. The van der Waals surface area contributed by atoms with Crippen LogP contribution in [0.5, 0.6) is 0 Å². The van der Waals surface area contributed by atoms with E-state index in [9.17, 15) is 24.0 Å². The number of carbonyl (C=O) groups excluding carboxylic acids is 5. The van der Waals surface area contributed by atoms with Crippen molar-refractivity contribution in [3.05, 3.63) is 59.2 Å². The Hall–Kier alpha value is -3.66. The number of ether oxygens (including phenoxy) is 1. The fraction of sp³-hybridized carbons (Fsp3) is 0.559. The van der Waals surface area contributed by atoms with Gasteiger partial charge in [0, 0.05) is 36.0 Å². The maximum atomic E-state index is 14.5. The van der Waals surface area contributed by atoms with Gasteiger partial charge in [-0.1, -0.05) is 61.0 Å². The lowest BCUT2D eigenvalue weighted by atomic mass is 9.87. The van der Waals surface area contributed by atoms with Crippen LogP contribution in [0.15, 0.2) is 48.6 Å². The summed E-state index contributed by atoms with van der Waals surface area (Å²) in [5, 5.41) is 0.609. The number of benzene rings is 1. The second-order valence-corrected chi connectivity index (χ2v) is 13.5. The largest absolute Gasteiger partial charge is 0.468 e. The lowest BCUT2D eigenvalue weighted by Gasteiger charge is -2.45. The zero-order valence-corrected chi connectivity index (χ0v) is 26.8. The van der Waals surface area contributed by atoms with Gasteiger partial charge in [-0.2, -0.15) is 0 Å². The highest BCUT2D eigenvalue weighted by Crippen LogP contribution is 2.43. The smallest absolute Gasteiger partial charge is 0.325 e. The predicted molar refractivity (Wildman–Crippen MR) is 167 cm³/mol. The van der Waals surface area contributed by atoms with Crippen LogP contribution < -0.4 is 0 Å². The highest BCUT2D eigenvalue weighted by molar-refractivity contribution is 6.31. The topological polar surface area (TPSA) is 108 Å². The van der Waals surface area contributed by atoms with E-state index in [1.54, 1.807) is 14.7 Å². The van der Waals surface area contributed by atoms with E-state index in [1.807, 2.05) is 62.4 Å². The van der Waals surface area contributed by atoms with Crippen LogP contribution in [0.3, 0.4) is 0 Å². The first kappa shape index (κ1) is 31.3. The van der Waals surface area contributed by atoms with E-state index in [2.05, 4.69) is 0 Å². The number of nitrogens with zero attached hydrogens (tertiary/aromatic N) is 4. The molecule has 7 atom stereocenters. The van der Waals surface area contributed by atoms with Gasteiger partial charge in [-0.05, 0) is 57.1 Å². The number of amides is 4. The lowest BCUT2D eigenvalue weighted by Crippen LogP contribution is -2.64. The fourth-order valence-electron chi connectivity index (χ4n) is 7.99. The first-order valence-corrected chi connectivity index (χ1v) is 16.4. The first-order valence-electron chi connectivity index (χ1n) is 16.0. The quantitative estimate of drug-likeness (QED) is 0.351. The molecule has 1 aromatic carbocycles. The van der Waals surface area contributed by atoms with Gasteiger partial charge in [-0.15, -0.1) is 0 Å². The van der Waals surface area contributed by atoms with E-state index in [0.717, 1.165) is 5.56 Å². The molecule has 0 aliphatic carbocycles. The van der Waals surface area contributed by atoms with Gasteiger partial charge in [0.2, 0.25) is 17.7 Å². The summed E-state index contributed by atoms with van der Waals surface area (Å²) in [6, 6.07) is 5.43. The Bertz CT molecular complexity index is 1460. The van der Waals surface area contributed by atoms with E-state index in [4.69, 9.17) is 16.3 Å². The Morgan fingerprint density at radius 3 is 2.60 bits per heavy atom. The molecule has 5 heterocycles. The monoisotopic (exact) mass is 636 g/mol. The van der Waals surface area contributed by atoms with E-state index in [1.165, 1.54) is 12.0 Å². The minimum atomic E-state index is -1.13. The minimum absolute atomic E-state index is 0.107. The summed E-state index contributed by atoms with van der Waals surface area (Å²) in [5.74, 6) is -1.94. The zero-order chi connectivity index (χ0) is 32.0. The molecule has 4 amide bonds. The van der Waals surface area contributed by atoms with E-state index in [0.29, 0.717) is 56.6 Å². The molecule has 5 aliphatic heterocycles. The van der Waals surface area contributed by atoms with Gasteiger partial charge in [-0.3, -0.25) is 24.0 Å². The Morgan fingerprint density at radius 1 is 1.07 bits per heavy atom. The van der Waals surface area contributed by atoms with Crippen molar-refractivity contribution in [2.45, 2.75) is 82.1 Å². The average molecular weight is 637 g/mol. The number of carbonyl (C=O) groups is 5. The van der Waals surface area contributed by atoms with Crippen LogP contribution >= 0.6 is 11.6 Å². The lowest BCUT2D eigenvalue weighted by molar-refractivity contribution is -0.158. The SMILES string of the molecule is COC(=O)CN1C(=O)[C@@H]2[C@@H](C=C[C@H]1C)CCN2C(=O)[C@@H]1CC[C@H]2C=C[C@]3(CCCN3C(=O)[C@@H](C)Cc3ccccc3Cl)C(=O)N21. The van der Waals surface area contributed by atoms with Crippen LogP contribution in [0.4, 0.5) is 0 Å². The molecule has 0 N–H and O–H groups in total. The fourth-order valence-corrected chi connectivity index (χ4v) is 8.21. The van der Waals surface area contributed by atoms with Crippen LogP contribution in [0, 0.1) is 11.8 Å². The van der Waals surface area contributed by atoms with Crippen LogP contribution in [0.25, 0.3) is 0 Å². The van der Waals surface area contributed by atoms with Gasteiger partial charge in [0.25, 0.3) is 5.91 Å². The molecule has 0 bridgehead atoms. The van der Waals surface area contributed by atoms with Gasteiger partial charge in [-0.25, -0.2) is 0 Å². The molecule has 240 valence electrons. The molecular formula is C34H41ClN4O6. The van der Waals surface area contributed by atoms with Gasteiger partial charge >= 0.3 is 5.97 Å². The third-order valence-corrected chi connectivity index (χ3v) is 10.8. The van der Waals surface area contributed by atoms with Crippen molar-refractivity contribution >= 4 is 41.2 Å². The molecule has 5 aliphatic rings. The molecule has 10 nitrogen and oxygen atoms in total. The van der Waals surface area contributed by atoms with Crippen molar-refractivity contribution in [2.75, 3.05) is 26.7 Å². The van der Waals surface area contributed by atoms with Crippen LogP contribution in [-0.4, -0.2) is 106 Å². The number of rotatable bonds is 6. The average Bonchev–Trinajstić information content (AvgIpc) is 3.76. The second-order valence-electron chi connectivity index (χ2n) is 13.0. The number of hydrogen-bond acceptors (Lipinski definition) is 6. The Labute approximate surface area is 269 Å². The van der Waals surface area contributed by atoms with Crippen molar-refractivity contribution in [3.63, 3.8) is 0 Å². The predicted octanol–water partition coefficient (Wildman–Crippen LogP) is 2.99. The van der Waals surface area contributed by atoms with Crippen LogP contribution in [0.1, 0.15) is 51.5 Å². The van der Waals surface area contributed by atoms with Gasteiger partial charge in [0.1, 0.15) is 24.2 Å². The molecule has 0 radical (unpaired) electrons. The van der Waals surface area contributed by atoms with Gasteiger partial charge < -0.3 is 24.3 Å². The van der Waals surface area contributed by atoms with Crippen molar-refractivity contribution in [1.29, 1.82) is 0 Å². The van der Waals surface area contributed by atoms with Crippen LogP contribution in [0.2, 0.25) is 5.02 Å². The number of halogens is 1. The van der Waals surface area contributed by atoms with Crippen molar-refractivity contribution in [3.8, 4) is 0 Å². The molecule has 0 saturated carbocycles. The molecule has 1 aromatic rings. The van der Waals surface area contributed by atoms with Crippen molar-refractivity contribution < 1.29 is 28.7 Å². The Balaban J connectivity index is 1.22. The minimum Gasteiger partial charge on any atom is -0.468 e. The second kappa shape index (κ2) is 12.3. The summed E-state index contributed by atoms with van der Waals surface area (Å²) in [6.07, 6.45) is 11.1. The summed E-state index contributed by atoms with van der Waals surface area (Å²) in [6.45, 7) is 4.36. The first-order chi connectivity index (χ1) is 21.6. The van der Waals surface area contributed by atoms with Crippen LogP contribution in [-0.2, 0) is 35.1 Å². The molecule has 1 spiro atoms. The molecule has 0 unspecified atom stereocenters. The maximum absolute atomic E-state index is 14.5. The third kappa shape index (κ3) is 5.34. The normalized spacial score (nSPS) is 31.3. The molecule has 0 aromatic heterocycles. The standard InChI is InChI=1S/C34H41ClN4O6/c1-21(19-24-7-4-5-8-26(24)35)30(41)38-17-6-15-34(38)16-13-25-11-12-27(39(25)33(34)44)31(42)36-18-14-23-10-9-22(2)37(20-28(40)45-3)32(43)29(23)36/h4-5,7-10,13,16,21-23,25,27,29H,6,11-12,14-15,17-20H2,1-3H3/t21-,22+,23-,25-,27-,29-,34+/m0/s1. The van der Waals surface area contributed by atoms with Gasteiger partial charge in [0.05, 0.1) is 13.2 Å². The van der Waals surface area contributed by atoms with Crippen molar-refractivity contribution in [2.24, 2.45) is 11.8 Å². The van der Waals surface area contributed by atoms with E-state index < -0.39 is 23.6 Å². The zero-order valence-electron chi connectivity index (χ0n) is 26.1.